The average molecular weight is 331 g/mol. The van der Waals surface area contributed by atoms with Crippen molar-refractivity contribution in [1.82, 2.24) is 10.2 Å². The molecule has 1 aromatic rings. The van der Waals surface area contributed by atoms with Crippen LogP contribution >= 0.6 is 27.3 Å². The zero-order valence-electron chi connectivity index (χ0n) is 11.7. The van der Waals surface area contributed by atoms with Crippen molar-refractivity contribution >= 4 is 27.3 Å². The van der Waals surface area contributed by atoms with Crippen molar-refractivity contribution < 1.29 is 0 Å². The molecule has 0 spiro atoms. The van der Waals surface area contributed by atoms with Crippen molar-refractivity contribution in [3.63, 3.8) is 0 Å². The van der Waals surface area contributed by atoms with E-state index < -0.39 is 0 Å². The molecule has 4 heteroatoms. The maximum Gasteiger partial charge on any atom is 0.0701 e. The Kier molecular flexibility index (Phi) is 4.22. The monoisotopic (exact) mass is 330 g/mol. The van der Waals surface area contributed by atoms with E-state index in [9.17, 15) is 0 Å². The molecule has 1 N–H and O–H groups in total. The molecule has 0 amide bonds. The molecule has 1 unspecified atom stereocenters. The molecule has 18 heavy (non-hydrogen) atoms. The first-order valence-electron chi connectivity index (χ1n) is 6.59. The minimum atomic E-state index is 0.227. The van der Waals surface area contributed by atoms with E-state index in [0.29, 0.717) is 0 Å². The number of nitrogens with one attached hydrogen (secondary N) is 1. The Morgan fingerprint density at radius 3 is 2.67 bits per heavy atom. The first-order valence-corrected chi connectivity index (χ1v) is 8.20. The van der Waals surface area contributed by atoms with Crippen molar-refractivity contribution in [3.05, 3.63) is 20.8 Å². The van der Waals surface area contributed by atoms with Crippen molar-refractivity contribution in [3.8, 4) is 0 Å². The van der Waals surface area contributed by atoms with Gasteiger partial charge in [-0.3, -0.25) is 4.90 Å². The summed E-state index contributed by atoms with van der Waals surface area (Å²) in [6, 6.07) is 4.38. The normalized spacial score (nSPS) is 28.5. The summed E-state index contributed by atoms with van der Waals surface area (Å²) in [5.74, 6) is 0. The van der Waals surface area contributed by atoms with Crippen LogP contribution in [-0.4, -0.2) is 29.1 Å². The van der Waals surface area contributed by atoms with Gasteiger partial charge in [0.05, 0.1) is 3.79 Å². The van der Waals surface area contributed by atoms with Gasteiger partial charge in [-0.25, -0.2) is 0 Å². The molecule has 1 atom stereocenters. The molecule has 1 saturated heterocycles. The van der Waals surface area contributed by atoms with Crippen LogP contribution in [0.25, 0.3) is 0 Å². The topological polar surface area (TPSA) is 15.3 Å². The van der Waals surface area contributed by atoms with Gasteiger partial charge in [-0.1, -0.05) is 6.92 Å². The second-order valence-corrected chi connectivity index (χ2v) is 8.69. The fourth-order valence-electron chi connectivity index (χ4n) is 2.36. The van der Waals surface area contributed by atoms with Gasteiger partial charge in [0.1, 0.15) is 0 Å². The zero-order chi connectivity index (χ0) is 13.4. The van der Waals surface area contributed by atoms with E-state index in [1.54, 1.807) is 0 Å². The summed E-state index contributed by atoms with van der Waals surface area (Å²) < 4.78 is 1.23. The largest absolute Gasteiger partial charge is 0.308 e. The quantitative estimate of drug-likeness (QED) is 0.905. The second-order valence-electron chi connectivity index (χ2n) is 6.14. The first kappa shape index (κ1) is 14.5. The van der Waals surface area contributed by atoms with E-state index in [-0.39, 0.29) is 11.1 Å². The first-order chi connectivity index (χ1) is 8.35. The van der Waals surface area contributed by atoms with Crippen LogP contribution in [-0.2, 0) is 6.54 Å². The number of thiophene rings is 1. The SMILES string of the molecule is CCC1(C)CN(Cc2ccc(Br)s2)C(C)(C)CN1. The molecule has 0 bridgehead atoms. The highest BCUT2D eigenvalue weighted by Gasteiger charge is 2.39. The summed E-state index contributed by atoms with van der Waals surface area (Å²) in [4.78, 5) is 4.06. The predicted octanol–water partition coefficient (Wildman–Crippen LogP) is 3.86. The minimum Gasteiger partial charge on any atom is -0.308 e. The summed E-state index contributed by atoms with van der Waals surface area (Å²) >= 11 is 5.39. The molecule has 0 saturated carbocycles. The van der Waals surface area contributed by atoms with Crippen LogP contribution in [0.4, 0.5) is 0 Å². The lowest BCUT2D eigenvalue weighted by molar-refractivity contribution is 0.0254. The van der Waals surface area contributed by atoms with E-state index in [1.165, 1.54) is 15.1 Å². The highest BCUT2D eigenvalue weighted by atomic mass is 79.9. The Morgan fingerprint density at radius 2 is 2.11 bits per heavy atom. The van der Waals surface area contributed by atoms with Crippen LogP contribution < -0.4 is 5.32 Å². The van der Waals surface area contributed by atoms with E-state index in [4.69, 9.17) is 0 Å². The van der Waals surface area contributed by atoms with Crippen LogP contribution in [0.15, 0.2) is 15.9 Å². The van der Waals surface area contributed by atoms with E-state index in [1.807, 2.05) is 11.3 Å². The minimum absolute atomic E-state index is 0.227. The van der Waals surface area contributed by atoms with Crippen molar-refractivity contribution in [2.45, 2.75) is 51.7 Å². The Morgan fingerprint density at radius 1 is 1.39 bits per heavy atom. The molecule has 102 valence electrons. The van der Waals surface area contributed by atoms with Gasteiger partial charge < -0.3 is 5.32 Å². The van der Waals surface area contributed by atoms with Gasteiger partial charge >= 0.3 is 0 Å². The Bertz CT molecular complexity index is 416. The fraction of sp³-hybridized carbons (Fsp3) is 0.714. The smallest absolute Gasteiger partial charge is 0.0701 e. The molecule has 1 fully saturated rings. The molecule has 1 aliphatic rings. The Labute approximate surface area is 123 Å². The van der Waals surface area contributed by atoms with Crippen LogP contribution in [0.2, 0.25) is 0 Å². The molecular formula is C14H23BrN2S. The van der Waals surface area contributed by atoms with Crippen LogP contribution in [0.1, 0.15) is 39.0 Å². The zero-order valence-corrected chi connectivity index (χ0v) is 14.1. The number of piperazine rings is 1. The summed E-state index contributed by atoms with van der Waals surface area (Å²) in [7, 11) is 0. The standard InChI is InChI=1S/C14H23BrN2S/c1-5-14(4)10-17(13(2,3)9-16-14)8-11-6-7-12(15)18-11/h6-7,16H,5,8-10H2,1-4H3. The van der Waals surface area contributed by atoms with E-state index >= 15 is 0 Å². The third-order valence-corrected chi connectivity index (χ3v) is 5.71. The number of hydrogen-bond donors (Lipinski definition) is 1. The van der Waals surface area contributed by atoms with Gasteiger partial charge in [0.15, 0.2) is 0 Å². The van der Waals surface area contributed by atoms with Gasteiger partial charge in [0.25, 0.3) is 0 Å². The van der Waals surface area contributed by atoms with Crippen LogP contribution in [0.3, 0.4) is 0 Å². The molecule has 0 aromatic carbocycles. The summed E-state index contributed by atoms with van der Waals surface area (Å²) in [6.45, 7) is 12.5. The summed E-state index contributed by atoms with van der Waals surface area (Å²) in [5, 5.41) is 3.71. The third kappa shape index (κ3) is 3.16. The maximum atomic E-state index is 3.71. The molecule has 2 nitrogen and oxygen atoms in total. The molecular weight excluding hydrogens is 308 g/mol. The molecule has 1 aliphatic heterocycles. The predicted molar refractivity (Wildman–Crippen MR) is 83.2 cm³/mol. The molecule has 2 rings (SSSR count). The van der Waals surface area contributed by atoms with Crippen LogP contribution in [0, 0.1) is 0 Å². The maximum absolute atomic E-state index is 3.71. The molecule has 2 heterocycles. The van der Waals surface area contributed by atoms with E-state index in [0.717, 1.165) is 19.6 Å². The second kappa shape index (κ2) is 5.23. The lowest BCUT2D eigenvalue weighted by Crippen LogP contribution is -2.66. The van der Waals surface area contributed by atoms with Gasteiger partial charge in [-0.15, -0.1) is 11.3 Å². The third-order valence-electron chi connectivity index (χ3n) is 4.10. The van der Waals surface area contributed by atoms with Crippen molar-refractivity contribution in [2.75, 3.05) is 13.1 Å². The highest BCUT2D eigenvalue weighted by Crippen LogP contribution is 2.30. The lowest BCUT2D eigenvalue weighted by atomic mass is 9.88. The molecule has 0 aliphatic carbocycles. The average Bonchev–Trinajstić information content (AvgIpc) is 2.70. The molecule has 0 radical (unpaired) electrons. The number of nitrogens with zero attached hydrogens (tertiary/aromatic N) is 1. The Hall–Kier alpha value is 0.1000. The van der Waals surface area contributed by atoms with Crippen molar-refractivity contribution in [1.29, 1.82) is 0 Å². The number of rotatable bonds is 3. The fourth-order valence-corrected chi connectivity index (χ4v) is 3.86. The van der Waals surface area contributed by atoms with Gasteiger partial charge in [-0.05, 0) is 55.3 Å². The number of halogens is 1. The van der Waals surface area contributed by atoms with Crippen molar-refractivity contribution in [2.24, 2.45) is 0 Å². The van der Waals surface area contributed by atoms with E-state index in [2.05, 4.69) is 66.0 Å². The van der Waals surface area contributed by atoms with Gasteiger partial charge in [0.2, 0.25) is 0 Å². The summed E-state index contributed by atoms with van der Waals surface area (Å²) in [5.41, 5.74) is 0.481. The summed E-state index contributed by atoms with van der Waals surface area (Å²) in [6.07, 6.45) is 1.17. The van der Waals surface area contributed by atoms with Gasteiger partial charge in [-0.2, -0.15) is 0 Å². The lowest BCUT2D eigenvalue weighted by Gasteiger charge is -2.50. The number of hydrogen-bond acceptors (Lipinski definition) is 3. The van der Waals surface area contributed by atoms with Crippen LogP contribution in [0.5, 0.6) is 0 Å². The Balaban J connectivity index is 2.12. The highest BCUT2D eigenvalue weighted by molar-refractivity contribution is 9.11. The molecule has 1 aromatic heterocycles. The van der Waals surface area contributed by atoms with Gasteiger partial charge in [0, 0.05) is 35.6 Å².